The van der Waals surface area contributed by atoms with Gasteiger partial charge in [-0.05, 0) is 50.9 Å². The number of esters is 2. The Morgan fingerprint density at radius 2 is 1.02 bits per heavy atom. The van der Waals surface area contributed by atoms with Gasteiger partial charge >= 0.3 is 11.9 Å². The van der Waals surface area contributed by atoms with E-state index in [2.05, 4.69) is 51.2 Å². The van der Waals surface area contributed by atoms with E-state index in [9.17, 15) is 19.8 Å². The highest BCUT2D eigenvalue weighted by Gasteiger charge is 2.11. The molecular weight excluding hydrogens is 636 g/mol. The summed E-state index contributed by atoms with van der Waals surface area (Å²) in [6.45, 7) is 6.40. The van der Waals surface area contributed by atoms with Gasteiger partial charge in [0.25, 0.3) is 0 Å². The molecule has 292 valence electrons. The van der Waals surface area contributed by atoms with Gasteiger partial charge in [-0.2, -0.15) is 0 Å². The minimum atomic E-state index is -1.01. The van der Waals surface area contributed by atoms with Gasteiger partial charge in [0.05, 0.1) is 6.10 Å². The van der Waals surface area contributed by atoms with Crippen LogP contribution < -0.4 is 0 Å². The second kappa shape index (κ2) is 38.5. The number of aliphatic hydroxyl groups excluding tert-OH is 2. The average molecular weight is 713 g/mol. The van der Waals surface area contributed by atoms with Crippen molar-refractivity contribution < 1.29 is 29.3 Å². The molecule has 0 aliphatic heterocycles. The molecule has 2 N–H and O–H groups in total. The Morgan fingerprint density at radius 1 is 0.549 bits per heavy atom. The van der Waals surface area contributed by atoms with Crippen molar-refractivity contribution in [2.24, 2.45) is 5.92 Å². The van der Waals surface area contributed by atoms with Crippen LogP contribution in [0.5, 0.6) is 0 Å². The Morgan fingerprint density at radius 3 is 1.59 bits per heavy atom. The van der Waals surface area contributed by atoms with E-state index in [1.165, 1.54) is 77.0 Å². The number of carbonyl (C=O) groups is 2. The van der Waals surface area contributed by atoms with Gasteiger partial charge in [0.2, 0.25) is 0 Å². The SMILES string of the molecule is CC/C=C\C/C=C\CC(O)/C=C/C=C\C/C=C\C/C=C\CCC(=O)OC[C@@H](O)COC(=O)CCCCCCCCCCCCCCCCC(C)C. The highest BCUT2D eigenvalue weighted by atomic mass is 16.6. The predicted octanol–water partition coefficient (Wildman–Crippen LogP) is 11.8. The van der Waals surface area contributed by atoms with Crippen molar-refractivity contribution in [1.29, 1.82) is 0 Å². The van der Waals surface area contributed by atoms with Crippen LogP contribution in [-0.4, -0.2) is 47.6 Å². The van der Waals surface area contributed by atoms with E-state index in [4.69, 9.17) is 9.47 Å². The molecule has 0 bridgehead atoms. The van der Waals surface area contributed by atoms with Crippen LogP contribution in [0.4, 0.5) is 0 Å². The molecular formula is C45H76O6. The topological polar surface area (TPSA) is 93.1 Å². The zero-order chi connectivity index (χ0) is 37.5. The lowest BCUT2D eigenvalue weighted by Gasteiger charge is -2.12. The summed E-state index contributed by atoms with van der Waals surface area (Å²) in [6.07, 6.45) is 47.1. The Kier molecular flexibility index (Phi) is 36.5. The van der Waals surface area contributed by atoms with Crippen LogP contribution >= 0.6 is 0 Å². The van der Waals surface area contributed by atoms with Crippen LogP contribution in [-0.2, 0) is 19.1 Å². The number of carbonyl (C=O) groups excluding carboxylic acids is 2. The van der Waals surface area contributed by atoms with Crippen LogP contribution in [0.1, 0.15) is 168 Å². The van der Waals surface area contributed by atoms with Gasteiger partial charge in [-0.3, -0.25) is 9.59 Å². The number of hydrogen-bond donors (Lipinski definition) is 2. The minimum Gasteiger partial charge on any atom is -0.463 e. The zero-order valence-electron chi connectivity index (χ0n) is 32.9. The van der Waals surface area contributed by atoms with Gasteiger partial charge in [-0.25, -0.2) is 0 Å². The van der Waals surface area contributed by atoms with Gasteiger partial charge in [-0.1, -0.05) is 184 Å². The van der Waals surface area contributed by atoms with Gasteiger partial charge in [-0.15, -0.1) is 0 Å². The first-order valence-electron chi connectivity index (χ1n) is 20.5. The molecule has 0 saturated carbocycles. The third-order valence-electron chi connectivity index (χ3n) is 8.48. The summed E-state index contributed by atoms with van der Waals surface area (Å²) in [5, 5.41) is 20.0. The highest BCUT2D eigenvalue weighted by Crippen LogP contribution is 2.15. The first-order valence-corrected chi connectivity index (χ1v) is 20.5. The molecule has 0 radical (unpaired) electrons. The summed E-state index contributed by atoms with van der Waals surface area (Å²) in [6, 6.07) is 0. The molecule has 1 unspecified atom stereocenters. The van der Waals surface area contributed by atoms with Crippen molar-refractivity contribution in [3.05, 3.63) is 72.9 Å². The van der Waals surface area contributed by atoms with Gasteiger partial charge in [0.15, 0.2) is 0 Å². The largest absolute Gasteiger partial charge is 0.463 e. The number of ether oxygens (including phenoxy) is 2. The van der Waals surface area contributed by atoms with Crippen LogP contribution in [0.3, 0.4) is 0 Å². The quantitative estimate of drug-likeness (QED) is 0.0294. The van der Waals surface area contributed by atoms with E-state index in [-0.39, 0.29) is 31.6 Å². The molecule has 0 aliphatic rings. The summed E-state index contributed by atoms with van der Waals surface area (Å²) in [7, 11) is 0. The molecule has 2 atom stereocenters. The fourth-order valence-corrected chi connectivity index (χ4v) is 5.38. The number of hydrogen-bond acceptors (Lipinski definition) is 6. The molecule has 0 heterocycles. The summed E-state index contributed by atoms with van der Waals surface area (Å²) in [5.41, 5.74) is 0. The molecule has 0 saturated heterocycles. The summed E-state index contributed by atoms with van der Waals surface area (Å²) in [4.78, 5) is 23.9. The van der Waals surface area contributed by atoms with Crippen molar-refractivity contribution in [3.63, 3.8) is 0 Å². The third-order valence-corrected chi connectivity index (χ3v) is 8.48. The Bertz CT molecular complexity index is 973. The number of allylic oxidation sites excluding steroid dienone is 10. The predicted molar refractivity (Wildman–Crippen MR) is 215 cm³/mol. The summed E-state index contributed by atoms with van der Waals surface area (Å²) in [5.74, 6) is 0.153. The molecule has 0 rings (SSSR count). The van der Waals surface area contributed by atoms with Crippen molar-refractivity contribution in [2.75, 3.05) is 13.2 Å². The van der Waals surface area contributed by atoms with Gasteiger partial charge < -0.3 is 19.7 Å². The van der Waals surface area contributed by atoms with Crippen LogP contribution in [0, 0.1) is 5.92 Å². The molecule has 0 fully saturated rings. The smallest absolute Gasteiger partial charge is 0.306 e. The zero-order valence-corrected chi connectivity index (χ0v) is 32.9. The van der Waals surface area contributed by atoms with Gasteiger partial charge in [0.1, 0.15) is 19.3 Å². The molecule has 0 spiro atoms. The highest BCUT2D eigenvalue weighted by molar-refractivity contribution is 5.70. The normalized spacial score (nSPS) is 13.7. The van der Waals surface area contributed by atoms with Crippen LogP contribution in [0.25, 0.3) is 0 Å². The molecule has 6 nitrogen and oxygen atoms in total. The van der Waals surface area contributed by atoms with E-state index in [1.807, 2.05) is 36.5 Å². The maximum absolute atomic E-state index is 12.0. The van der Waals surface area contributed by atoms with Crippen LogP contribution in [0.15, 0.2) is 72.9 Å². The molecule has 0 aliphatic carbocycles. The Hall–Kier alpha value is -2.70. The first-order chi connectivity index (χ1) is 24.8. The molecule has 0 aromatic heterocycles. The van der Waals surface area contributed by atoms with E-state index in [1.54, 1.807) is 6.08 Å². The number of aliphatic hydroxyl groups is 2. The van der Waals surface area contributed by atoms with Gasteiger partial charge in [0, 0.05) is 12.8 Å². The minimum absolute atomic E-state index is 0.154. The van der Waals surface area contributed by atoms with E-state index in [0.29, 0.717) is 19.3 Å². The number of unbranched alkanes of at least 4 members (excludes halogenated alkanes) is 13. The van der Waals surface area contributed by atoms with E-state index >= 15 is 0 Å². The molecule has 0 amide bonds. The summed E-state index contributed by atoms with van der Waals surface area (Å²) >= 11 is 0. The fraction of sp³-hybridized carbons (Fsp3) is 0.689. The summed E-state index contributed by atoms with van der Waals surface area (Å²) < 4.78 is 10.3. The second-order valence-electron chi connectivity index (χ2n) is 14.1. The Balaban J connectivity index is 3.62. The molecule has 0 aromatic carbocycles. The van der Waals surface area contributed by atoms with Crippen molar-refractivity contribution in [3.8, 4) is 0 Å². The van der Waals surface area contributed by atoms with Crippen molar-refractivity contribution in [2.45, 2.75) is 181 Å². The molecule has 6 heteroatoms. The lowest BCUT2D eigenvalue weighted by Crippen LogP contribution is -2.25. The lowest BCUT2D eigenvalue weighted by atomic mass is 10.0. The maximum atomic E-state index is 12.0. The average Bonchev–Trinajstić information content (AvgIpc) is 3.11. The molecule has 51 heavy (non-hydrogen) atoms. The van der Waals surface area contributed by atoms with Crippen molar-refractivity contribution >= 4 is 11.9 Å². The van der Waals surface area contributed by atoms with E-state index < -0.39 is 12.2 Å². The lowest BCUT2D eigenvalue weighted by molar-refractivity contribution is -0.152. The molecule has 0 aromatic rings. The van der Waals surface area contributed by atoms with E-state index in [0.717, 1.165) is 50.9 Å². The third kappa shape index (κ3) is 39.9. The second-order valence-corrected chi connectivity index (χ2v) is 14.1. The first kappa shape index (κ1) is 48.3. The standard InChI is InChI=1S/C45H76O6/c1-4-5-6-7-25-30-35-42(46)36-31-26-21-17-14-15-19-23-28-33-38-45(49)51-40-43(47)39-50-44(48)37-32-27-22-18-13-11-9-8-10-12-16-20-24-29-34-41(2)3/h5-6,14-15,21,23,25-26,28,30-31,36,41-43,46-47H,4,7-13,16-20,22,24,27,29,32-35,37-40H2,1-3H3/b6-5-,15-14-,26-21-,28-23-,30-25-,36-31+/t42?,43-/m0/s1. The Labute approximate surface area is 313 Å². The van der Waals surface area contributed by atoms with Crippen molar-refractivity contribution in [1.82, 2.24) is 0 Å². The maximum Gasteiger partial charge on any atom is 0.306 e. The van der Waals surface area contributed by atoms with Crippen LogP contribution in [0.2, 0.25) is 0 Å². The number of rotatable bonds is 35. The monoisotopic (exact) mass is 713 g/mol. The fourth-order valence-electron chi connectivity index (χ4n) is 5.38.